The van der Waals surface area contributed by atoms with Crippen molar-refractivity contribution in [1.29, 1.82) is 0 Å². The fourth-order valence-electron chi connectivity index (χ4n) is 2.47. The fraction of sp³-hybridized carbons (Fsp3) is 0.222. The molecule has 0 bridgehead atoms. The van der Waals surface area contributed by atoms with Crippen LogP contribution in [0.1, 0.15) is 28.4 Å². The lowest BCUT2D eigenvalue weighted by molar-refractivity contribution is -0.115. The van der Waals surface area contributed by atoms with Crippen molar-refractivity contribution in [3.63, 3.8) is 0 Å². The number of aromatic carboxylic acids is 1. The molecule has 3 aromatic rings. The van der Waals surface area contributed by atoms with E-state index in [0.717, 1.165) is 39.9 Å². The molecule has 2 heterocycles. The molecule has 0 aliphatic carbocycles. The van der Waals surface area contributed by atoms with Crippen LogP contribution in [-0.2, 0) is 4.79 Å². The molecule has 0 spiro atoms. The summed E-state index contributed by atoms with van der Waals surface area (Å²) in [6, 6.07) is 5.81. The minimum absolute atomic E-state index is 0.0596. The number of carboxylic acid groups (broad SMARTS) is 1. The van der Waals surface area contributed by atoms with Crippen LogP contribution in [0.2, 0.25) is 0 Å². The van der Waals surface area contributed by atoms with Gasteiger partial charge in [0.2, 0.25) is 5.91 Å². The second kappa shape index (κ2) is 7.53. The SMILES string of the molecule is Cc1ccc(C)c(NC(=O)C(C)Sc2nc3scc(C(=O)O)c3c(=O)[nH]2)c1. The third-order valence-electron chi connectivity index (χ3n) is 3.96. The Labute approximate surface area is 162 Å². The van der Waals surface area contributed by atoms with Gasteiger partial charge in [-0.25, -0.2) is 9.78 Å². The summed E-state index contributed by atoms with van der Waals surface area (Å²) in [5.41, 5.74) is 2.15. The number of H-pyrrole nitrogens is 1. The number of aryl methyl sites for hydroxylation is 2. The second-order valence-electron chi connectivity index (χ2n) is 6.07. The number of benzene rings is 1. The number of carbonyl (C=O) groups is 2. The van der Waals surface area contributed by atoms with Gasteiger partial charge in [0.15, 0.2) is 5.16 Å². The zero-order valence-corrected chi connectivity index (χ0v) is 16.5. The number of aromatic amines is 1. The van der Waals surface area contributed by atoms with Crippen LogP contribution >= 0.6 is 23.1 Å². The summed E-state index contributed by atoms with van der Waals surface area (Å²) >= 11 is 2.19. The molecule has 1 atom stereocenters. The second-order valence-corrected chi connectivity index (χ2v) is 8.26. The van der Waals surface area contributed by atoms with E-state index in [1.165, 1.54) is 5.38 Å². The number of nitrogens with zero attached hydrogens (tertiary/aromatic N) is 1. The van der Waals surface area contributed by atoms with Gasteiger partial charge in [-0.3, -0.25) is 9.59 Å². The number of carbonyl (C=O) groups excluding carboxylic acids is 1. The largest absolute Gasteiger partial charge is 0.478 e. The van der Waals surface area contributed by atoms with Crippen molar-refractivity contribution in [2.75, 3.05) is 5.32 Å². The van der Waals surface area contributed by atoms with E-state index < -0.39 is 16.8 Å². The average Bonchev–Trinajstić information content (AvgIpc) is 3.02. The van der Waals surface area contributed by atoms with Gasteiger partial charge in [0, 0.05) is 11.1 Å². The third kappa shape index (κ3) is 4.04. The molecule has 2 aromatic heterocycles. The first-order valence-electron chi connectivity index (χ1n) is 8.06. The van der Waals surface area contributed by atoms with Crippen molar-refractivity contribution in [1.82, 2.24) is 9.97 Å². The quantitative estimate of drug-likeness (QED) is 0.444. The van der Waals surface area contributed by atoms with Crippen LogP contribution in [-0.4, -0.2) is 32.2 Å². The summed E-state index contributed by atoms with van der Waals surface area (Å²) in [5.74, 6) is -1.39. The van der Waals surface area contributed by atoms with Gasteiger partial charge in [0.05, 0.1) is 16.2 Å². The monoisotopic (exact) mass is 403 g/mol. The predicted octanol–water partition coefficient (Wildman–Crippen LogP) is 3.42. The highest BCUT2D eigenvalue weighted by molar-refractivity contribution is 8.00. The van der Waals surface area contributed by atoms with E-state index in [1.807, 2.05) is 32.0 Å². The molecule has 1 amide bonds. The average molecular weight is 403 g/mol. The van der Waals surface area contributed by atoms with Crippen molar-refractivity contribution in [3.05, 3.63) is 50.6 Å². The van der Waals surface area contributed by atoms with Crippen molar-refractivity contribution in [2.45, 2.75) is 31.2 Å². The van der Waals surface area contributed by atoms with E-state index in [2.05, 4.69) is 15.3 Å². The number of thiophene rings is 1. The Morgan fingerprint density at radius 3 is 2.78 bits per heavy atom. The highest BCUT2D eigenvalue weighted by atomic mass is 32.2. The summed E-state index contributed by atoms with van der Waals surface area (Å²) in [6.07, 6.45) is 0. The first-order valence-corrected chi connectivity index (χ1v) is 9.81. The smallest absolute Gasteiger partial charge is 0.337 e. The molecular weight excluding hydrogens is 386 g/mol. The number of hydrogen-bond donors (Lipinski definition) is 3. The number of amides is 1. The number of rotatable bonds is 5. The standard InChI is InChI=1S/C18H17N3O4S2/c1-8-4-5-9(2)12(6-8)19-14(22)10(3)27-18-20-15(23)13-11(17(24)25)7-26-16(13)21-18/h4-7,10H,1-3H3,(H,19,22)(H,24,25)(H,20,21,23). The molecule has 3 rings (SSSR count). The maximum Gasteiger partial charge on any atom is 0.337 e. The molecule has 0 radical (unpaired) electrons. The number of anilines is 1. The summed E-state index contributed by atoms with van der Waals surface area (Å²) < 4.78 is 0. The molecule has 1 unspecified atom stereocenters. The fourth-order valence-corrected chi connectivity index (χ4v) is 4.24. The van der Waals surface area contributed by atoms with Gasteiger partial charge in [0.25, 0.3) is 5.56 Å². The van der Waals surface area contributed by atoms with E-state index in [9.17, 15) is 14.4 Å². The van der Waals surface area contributed by atoms with Gasteiger partial charge in [-0.2, -0.15) is 0 Å². The van der Waals surface area contributed by atoms with Crippen molar-refractivity contribution >= 4 is 50.9 Å². The number of aromatic nitrogens is 2. The minimum Gasteiger partial charge on any atom is -0.478 e. The van der Waals surface area contributed by atoms with E-state index in [4.69, 9.17) is 5.11 Å². The number of nitrogens with one attached hydrogen (secondary N) is 2. The molecule has 1 aromatic carbocycles. The minimum atomic E-state index is -1.17. The zero-order valence-electron chi connectivity index (χ0n) is 14.8. The Kier molecular flexibility index (Phi) is 5.33. The van der Waals surface area contributed by atoms with Crippen LogP contribution in [0.5, 0.6) is 0 Å². The third-order valence-corrected chi connectivity index (χ3v) is 5.82. The molecule has 0 fully saturated rings. The summed E-state index contributed by atoms with van der Waals surface area (Å²) in [4.78, 5) is 43.1. The van der Waals surface area contributed by atoms with Gasteiger partial charge < -0.3 is 15.4 Å². The van der Waals surface area contributed by atoms with Crippen molar-refractivity contribution in [2.24, 2.45) is 0 Å². The summed E-state index contributed by atoms with van der Waals surface area (Å²) in [7, 11) is 0. The highest BCUT2D eigenvalue weighted by Crippen LogP contribution is 2.26. The van der Waals surface area contributed by atoms with E-state index in [1.54, 1.807) is 6.92 Å². The lowest BCUT2D eigenvalue weighted by atomic mass is 10.1. The number of hydrogen-bond acceptors (Lipinski definition) is 6. The number of fused-ring (bicyclic) bond motifs is 1. The zero-order chi connectivity index (χ0) is 19.7. The molecule has 0 aliphatic heterocycles. The Bertz CT molecular complexity index is 1100. The maximum atomic E-state index is 12.5. The Morgan fingerprint density at radius 1 is 1.33 bits per heavy atom. The lowest BCUT2D eigenvalue weighted by Crippen LogP contribution is -2.23. The summed E-state index contributed by atoms with van der Waals surface area (Å²) in [6.45, 7) is 5.58. The van der Waals surface area contributed by atoms with Crippen molar-refractivity contribution in [3.8, 4) is 0 Å². The van der Waals surface area contributed by atoms with Gasteiger partial charge >= 0.3 is 5.97 Å². The van der Waals surface area contributed by atoms with Crippen LogP contribution in [0, 0.1) is 13.8 Å². The van der Waals surface area contributed by atoms with E-state index >= 15 is 0 Å². The Morgan fingerprint density at radius 2 is 2.07 bits per heavy atom. The van der Waals surface area contributed by atoms with Gasteiger partial charge in [-0.1, -0.05) is 23.9 Å². The molecule has 0 saturated heterocycles. The first kappa shape index (κ1) is 19.1. The molecule has 140 valence electrons. The molecule has 0 aliphatic rings. The maximum absolute atomic E-state index is 12.5. The van der Waals surface area contributed by atoms with Gasteiger partial charge in [0.1, 0.15) is 4.83 Å². The van der Waals surface area contributed by atoms with Crippen LogP contribution < -0.4 is 10.9 Å². The summed E-state index contributed by atoms with van der Waals surface area (Å²) in [5, 5.41) is 13.2. The highest BCUT2D eigenvalue weighted by Gasteiger charge is 2.20. The molecule has 3 N–H and O–H groups in total. The topological polar surface area (TPSA) is 112 Å². The van der Waals surface area contributed by atoms with Crippen LogP contribution in [0.15, 0.2) is 33.5 Å². The van der Waals surface area contributed by atoms with Gasteiger partial charge in [-0.15, -0.1) is 11.3 Å². The van der Waals surface area contributed by atoms with Crippen molar-refractivity contribution < 1.29 is 14.7 Å². The predicted molar refractivity (Wildman–Crippen MR) is 107 cm³/mol. The number of thioether (sulfide) groups is 1. The Hall–Kier alpha value is -2.65. The molecule has 27 heavy (non-hydrogen) atoms. The van der Waals surface area contributed by atoms with Crippen LogP contribution in [0.4, 0.5) is 5.69 Å². The molecule has 9 heteroatoms. The number of carboxylic acids is 1. The Balaban J connectivity index is 1.80. The molecule has 0 saturated carbocycles. The van der Waals surface area contributed by atoms with E-state index in [-0.39, 0.29) is 22.0 Å². The van der Waals surface area contributed by atoms with Gasteiger partial charge in [-0.05, 0) is 38.0 Å². The molecule has 7 nitrogen and oxygen atoms in total. The lowest BCUT2D eigenvalue weighted by Gasteiger charge is -2.13. The normalized spacial score (nSPS) is 12.1. The van der Waals surface area contributed by atoms with Crippen LogP contribution in [0.3, 0.4) is 0 Å². The molecular formula is C18H17N3O4S2. The van der Waals surface area contributed by atoms with Crippen LogP contribution in [0.25, 0.3) is 10.2 Å². The first-order chi connectivity index (χ1) is 12.8. The van der Waals surface area contributed by atoms with E-state index in [0.29, 0.717) is 4.83 Å².